The van der Waals surface area contributed by atoms with Crippen molar-refractivity contribution in [1.82, 2.24) is 20.2 Å². The highest BCUT2D eigenvalue weighted by Gasteiger charge is 2.17. The van der Waals surface area contributed by atoms with E-state index in [9.17, 15) is 0 Å². The number of nitrogens with one attached hydrogen (secondary N) is 2. The monoisotopic (exact) mass is 475 g/mol. The third kappa shape index (κ3) is 7.35. The van der Waals surface area contributed by atoms with E-state index in [1.807, 2.05) is 17.8 Å². The van der Waals surface area contributed by atoms with Crippen LogP contribution in [0.2, 0.25) is 0 Å². The van der Waals surface area contributed by atoms with E-state index < -0.39 is 0 Å². The molecule has 0 radical (unpaired) electrons. The summed E-state index contributed by atoms with van der Waals surface area (Å²) in [5, 5.41) is 10.0. The number of aromatic nitrogens is 2. The van der Waals surface area contributed by atoms with Crippen LogP contribution >= 0.6 is 35.3 Å². The minimum Gasteiger partial charge on any atom is -0.357 e. The van der Waals surface area contributed by atoms with Gasteiger partial charge in [-0.05, 0) is 18.6 Å². The smallest absolute Gasteiger partial charge is 0.191 e. The van der Waals surface area contributed by atoms with Crippen LogP contribution in [0.15, 0.2) is 28.8 Å². The molecule has 2 heterocycles. The number of hydrogen-bond donors (Lipinski definition) is 2. The van der Waals surface area contributed by atoms with Gasteiger partial charge >= 0.3 is 0 Å². The van der Waals surface area contributed by atoms with Gasteiger partial charge in [0, 0.05) is 49.7 Å². The number of rotatable bonds is 6. The number of guanidine groups is 1. The van der Waals surface area contributed by atoms with Crippen molar-refractivity contribution in [3.63, 3.8) is 0 Å². The summed E-state index contributed by atoms with van der Waals surface area (Å²) in [6.45, 7) is 11.0. The lowest BCUT2D eigenvalue weighted by atomic mass is 9.93. The Morgan fingerprint density at radius 3 is 2.64 bits per heavy atom. The summed E-state index contributed by atoms with van der Waals surface area (Å²) in [7, 11) is 2.02. The minimum atomic E-state index is 0. The average Bonchev–Trinajstić information content (AvgIpc) is 3.13. The summed E-state index contributed by atoms with van der Waals surface area (Å²) in [5.74, 6) is 0.856. The van der Waals surface area contributed by atoms with Crippen molar-refractivity contribution in [2.24, 2.45) is 12.0 Å². The van der Waals surface area contributed by atoms with Gasteiger partial charge in [-0.25, -0.2) is 9.98 Å². The molecule has 0 aliphatic heterocycles. The minimum absolute atomic E-state index is 0. The molecule has 0 amide bonds. The van der Waals surface area contributed by atoms with E-state index in [1.165, 1.54) is 16.3 Å². The van der Waals surface area contributed by atoms with E-state index in [0.717, 1.165) is 25.5 Å². The van der Waals surface area contributed by atoms with Crippen molar-refractivity contribution in [1.29, 1.82) is 0 Å². The van der Waals surface area contributed by atoms with Crippen molar-refractivity contribution in [3.05, 3.63) is 40.1 Å². The van der Waals surface area contributed by atoms with Gasteiger partial charge in [0.05, 0.1) is 17.2 Å². The number of nitrogens with zero attached hydrogens (tertiary/aromatic N) is 3. The summed E-state index contributed by atoms with van der Waals surface area (Å²) in [4.78, 5) is 9.37. The van der Waals surface area contributed by atoms with Crippen molar-refractivity contribution in [2.45, 2.75) is 46.1 Å². The molecule has 0 aliphatic carbocycles. The van der Waals surface area contributed by atoms with Gasteiger partial charge in [0.25, 0.3) is 0 Å². The third-order valence-corrected chi connectivity index (χ3v) is 4.52. The molecule has 25 heavy (non-hydrogen) atoms. The first-order valence-electron chi connectivity index (χ1n) is 8.46. The molecule has 0 spiro atoms. The van der Waals surface area contributed by atoms with Gasteiger partial charge in [-0.1, -0.05) is 20.8 Å². The molecule has 0 fully saturated rings. The molecule has 0 unspecified atom stereocenters. The van der Waals surface area contributed by atoms with Gasteiger partial charge in [-0.15, -0.1) is 35.3 Å². The van der Waals surface area contributed by atoms with Crippen LogP contribution in [0.1, 0.15) is 44.0 Å². The molecular formula is C18H30IN5S. The molecule has 0 saturated heterocycles. The summed E-state index contributed by atoms with van der Waals surface area (Å²) in [5.41, 5.74) is 2.51. The Bertz CT molecular complexity index is 669. The van der Waals surface area contributed by atoms with Gasteiger partial charge < -0.3 is 15.2 Å². The molecule has 2 N–H and O–H groups in total. The third-order valence-electron chi connectivity index (χ3n) is 3.61. The number of hydrogen-bond acceptors (Lipinski definition) is 3. The molecular weight excluding hydrogens is 445 g/mol. The zero-order valence-corrected chi connectivity index (χ0v) is 18.9. The van der Waals surface area contributed by atoms with E-state index >= 15 is 0 Å². The Balaban J connectivity index is 0.00000312. The quantitative estimate of drug-likeness (QED) is 0.381. The largest absolute Gasteiger partial charge is 0.357 e. The average molecular weight is 475 g/mol. The van der Waals surface area contributed by atoms with Gasteiger partial charge in [-0.3, -0.25) is 0 Å². The van der Waals surface area contributed by atoms with Crippen molar-refractivity contribution < 1.29 is 0 Å². The van der Waals surface area contributed by atoms with E-state index in [-0.39, 0.29) is 29.4 Å². The van der Waals surface area contributed by atoms with Crippen molar-refractivity contribution >= 4 is 41.3 Å². The second-order valence-corrected chi connectivity index (χ2v) is 7.88. The molecule has 140 valence electrons. The van der Waals surface area contributed by atoms with Crippen LogP contribution in [0.4, 0.5) is 0 Å². The van der Waals surface area contributed by atoms with Crippen LogP contribution in [0.5, 0.6) is 0 Å². The van der Waals surface area contributed by atoms with Crippen LogP contribution in [0.3, 0.4) is 0 Å². The topological polar surface area (TPSA) is 54.2 Å². The Labute approximate surface area is 172 Å². The second-order valence-electron chi connectivity index (χ2n) is 6.93. The van der Waals surface area contributed by atoms with Crippen LogP contribution in [0.25, 0.3) is 0 Å². The summed E-state index contributed by atoms with van der Waals surface area (Å²) in [6, 6.07) is 2.09. The molecule has 0 atom stereocenters. The number of aliphatic imine (C=N–C) groups is 1. The van der Waals surface area contributed by atoms with Crippen LogP contribution in [-0.4, -0.2) is 28.6 Å². The molecule has 0 aliphatic rings. The highest BCUT2D eigenvalue weighted by Crippen LogP contribution is 2.23. The molecule has 0 bridgehead atoms. The number of halogens is 1. The summed E-state index contributed by atoms with van der Waals surface area (Å²) in [6.07, 6.45) is 5.05. The van der Waals surface area contributed by atoms with Gasteiger partial charge in [0.2, 0.25) is 0 Å². The Kier molecular flexibility index (Phi) is 8.92. The molecule has 2 aromatic rings. The lowest BCUT2D eigenvalue weighted by Gasteiger charge is -2.14. The van der Waals surface area contributed by atoms with Crippen LogP contribution in [-0.2, 0) is 25.4 Å². The molecule has 0 saturated carbocycles. The lowest BCUT2D eigenvalue weighted by molar-refractivity contribution is 0.570. The molecule has 5 nitrogen and oxygen atoms in total. The fourth-order valence-corrected chi connectivity index (χ4v) is 3.25. The molecule has 0 aromatic carbocycles. The van der Waals surface area contributed by atoms with Gasteiger partial charge in [0.15, 0.2) is 5.96 Å². The van der Waals surface area contributed by atoms with Crippen molar-refractivity contribution in [3.8, 4) is 0 Å². The summed E-state index contributed by atoms with van der Waals surface area (Å²) >= 11 is 1.74. The Morgan fingerprint density at radius 1 is 1.32 bits per heavy atom. The van der Waals surface area contributed by atoms with Crippen LogP contribution in [0, 0.1) is 0 Å². The first-order valence-corrected chi connectivity index (χ1v) is 9.34. The predicted octanol–water partition coefficient (Wildman–Crippen LogP) is 3.69. The zero-order chi connectivity index (χ0) is 17.6. The standard InChI is InChI=1S/C18H29N5S.HI/c1-6-19-17(21-11-14-8-10-23(5)12-14)20-9-7-16-22-15(13-24-16)18(2,3)4;/h8,10,12-13H,6-7,9,11H2,1-5H3,(H2,19,20,21);1H. The highest BCUT2D eigenvalue weighted by molar-refractivity contribution is 14.0. The first-order chi connectivity index (χ1) is 11.4. The summed E-state index contributed by atoms with van der Waals surface area (Å²) < 4.78 is 2.04. The Morgan fingerprint density at radius 2 is 2.08 bits per heavy atom. The van der Waals surface area contributed by atoms with Crippen LogP contribution < -0.4 is 10.6 Å². The van der Waals surface area contributed by atoms with E-state index in [2.05, 4.69) is 61.0 Å². The second kappa shape index (κ2) is 10.2. The fourth-order valence-electron chi connectivity index (χ4n) is 2.22. The maximum atomic E-state index is 4.74. The normalized spacial score (nSPS) is 12.0. The zero-order valence-electron chi connectivity index (χ0n) is 15.8. The fraction of sp³-hybridized carbons (Fsp3) is 0.556. The maximum Gasteiger partial charge on any atom is 0.191 e. The van der Waals surface area contributed by atoms with Gasteiger partial charge in [-0.2, -0.15) is 0 Å². The van der Waals surface area contributed by atoms with Gasteiger partial charge in [0.1, 0.15) is 0 Å². The molecule has 2 aromatic heterocycles. The predicted molar refractivity (Wildman–Crippen MR) is 118 cm³/mol. The molecule has 7 heteroatoms. The Hall–Kier alpha value is -1.09. The van der Waals surface area contributed by atoms with E-state index in [0.29, 0.717) is 6.54 Å². The van der Waals surface area contributed by atoms with E-state index in [4.69, 9.17) is 4.98 Å². The lowest BCUT2D eigenvalue weighted by Crippen LogP contribution is -2.38. The first kappa shape index (κ1) is 22.0. The van der Waals surface area contributed by atoms with Crippen molar-refractivity contribution in [2.75, 3.05) is 13.1 Å². The highest BCUT2D eigenvalue weighted by atomic mass is 127. The maximum absolute atomic E-state index is 4.74. The van der Waals surface area contributed by atoms with E-state index in [1.54, 1.807) is 11.3 Å². The SMILES string of the molecule is CCNC(=NCc1ccn(C)c1)NCCc1nc(C(C)(C)C)cs1.I. The number of thiazole rings is 1. The molecule has 2 rings (SSSR count). The number of aryl methyl sites for hydroxylation is 1.